The van der Waals surface area contributed by atoms with E-state index in [-0.39, 0.29) is 11.9 Å². The van der Waals surface area contributed by atoms with E-state index in [4.69, 9.17) is 4.74 Å². The molecule has 1 saturated carbocycles. The molecule has 0 saturated heterocycles. The lowest BCUT2D eigenvalue weighted by molar-refractivity contribution is 0.0620. The summed E-state index contributed by atoms with van der Waals surface area (Å²) >= 11 is 0. The van der Waals surface area contributed by atoms with Gasteiger partial charge in [0.1, 0.15) is 11.5 Å². The summed E-state index contributed by atoms with van der Waals surface area (Å²) in [5.74, 6) is 1.66. The van der Waals surface area contributed by atoms with Crippen molar-refractivity contribution in [3.05, 3.63) is 47.3 Å². The Hall–Kier alpha value is -2.21. The Bertz CT molecular complexity index is 764. The Balaban J connectivity index is 1.47. The normalized spacial score (nSPS) is 19.8. The molecular formula is C19H24N4O2. The Morgan fingerprint density at radius 2 is 2.08 bits per heavy atom. The van der Waals surface area contributed by atoms with Crippen LogP contribution in [0.15, 0.2) is 24.5 Å². The summed E-state index contributed by atoms with van der Waals surface area (Å²) in [5.41, 5.74) is 2.64. The number of hydrogen-bond donors (Lipinski definition) is 0. The summed E-state index contributed by atoms with van der Waals surface area (Å²) in [5, 5.41) is 0. The number of aromatic nitrogens is 3. The van der Waals surface area contributed by atoms with Gasteiger partial charge in [0.2, 0.25) is 0 Å². The highest BCUT2D eigenvalue weighted by molar-refractivity contribution is 5.92. The van der Waals surface area contributed by atoms with Crippen LogP contribution < -0.4 is 0 Å². The first-order chi connectivity index (χ1) is 12.1. The molecule has 1 amide bonds. The van der Waals surface area contributed by atoms with Crippen LogP contribution in [0.4, 0.5) is 0 Å². The third-order valence-corrected chi connectivity index (χ3v) is 5.07. The zero-order chi connectivity index (χ0) is 17.4. The van der Waals surface area contributed by atoms with Gasteiger partial charge >= 0.3 is 0 Å². The minimum atomic E-state index is -0.0680. The van der Waals surface area contributed by atoms with Crippen molar-refractivity contribution in [3.8, 4) is 0 Å². The number of pyridine rings is 1. The van der Waals surface area contributed by atoms with Crippen molar-refractivity contribution in [2.75, 3.05) is 13.2 Å². The summed E-state index contributed by atoms with van der Waals surface area (Å²) in [6, 6.07) is 3.65. The maximum Gasteiger partial charge on any atom is 0.273 e. The van der Waals surface area contributed by atoms with E-state index >= 15 is 0 Å². The molecule has 0 unspecified atom stereocenters. The van der Waals surface area contributed by atoms with Gasteiger partial charge in [0, 0.05) is 25.9 Å². The Morgan fingerprint density at radius 1 is 1.24 bits per heavy atom. The van der Waals surface area contributed by atoms with Crippen LogP contribution in [0.25, 0.3) is 0 Å². The van der Waals surface area contributed by atoms with E-state index in [2.05, 4.69) is 14.5 Å². The Labute approximate surface area is 147 Å². The highest BCUT2D eigenvalue weighted by atomic mass is 16.5. The molecule has 1 fully saturated rings. The number of amides is 1. The first kappa shape index (κ1) is 16.3. The number of nitrogens with zero attached hydrogens (tertiary/aromatic N) is 4. The zero-order valence-corrected chi connectivity index (χ0v) is 14.8. The van der Waals surface area contributed by atoms with Crippen LogP contribution in [0, 0.1) is 12.8 Å². The second kappa shape index (κ2) is 6.59. The highest BCUT2D eigenvalue weighted by Crippen LogP contribution is 2.30. The fourth-order valence-electron chi connectivity index (χ4n) is 3.31. The largest absolute Gasteiger partial charge is 0.375 e. The summed E-state index contributed by atoms with van der Waals surface area (Å²) in [6.45, 7) is 6.85. The van der Waals surface area contributed by atoms with E-state index < -0.39 is 0 Å². The van der Waals surface area contributed by atoms with Crippen LogP contribution in [0.2, 0.25) is 0 Å². The third-order valence-electron chi connectivity index (χ3n) is 5.07. The number of fused-ring (bicyclic) bond motifs is 1. The average Bonchev–Trinajstić information content (AvgIpc) is 3.34. The molecule has 6 nitrogen and oxygen atoms in total. The molecule has 0 spiro atoms. The van der Waals surface area contributed by atoms with Crippen LogP contribution in [0.3, 0.4) is 0 Å². The fraction of sp³-hybridized carbons (Fsp3) is 0.526. The van der Waals surface area contributed by atoms with Crippen molar-refractivity contribution in [1.82, 2.24) is 19.4 Å². The number of aryl methyl sites for hydroxylation is 1. The van der Waals surface area contributed by atoms with Crippen molar-refractivity contribution in [3.63, 3.8) is 0 Å². The Morgan fingerprint density at radius 3 is 2.80 bits per heavy atom. The minimum absolute atomic E-state index is 0.0340. The first-order valence-corrected chi connectivity index (χ1v) is 8.99. The van der Waals surface area contributed by atoms with E-state index in [1.165, 1.54) is 12.8 Å². The van der Waals surface area contributed by atoms with Crippen molar-refractivity contribution in [2.45, 2.75) is 45.9 Å². The number of hydrogen-bond acceptors (Lipinski definition) is 4. The lowest BCUT2D eigenvalue weighted by Crippen LogP contribution is -2.41. The molecule has 1 aliphatic heterocycles. The fourth-order valence-corrected chi connectivity index (χ4v) is 3.31. The third kappa shape index (κ3) is 3.31. The molecule has 2 aromatic rings. The monoisotopic (exact) mass is 340 g/mol. The molecule has 6 heteroatoms. The SMILES string of the molecule is Cc1ccc(C(=O)N2CCn3c(COCC4CC4)cnc3[C@H]2C)nc1. The predicted molar refractivity (Wildman–Crippen MR) is 93.0 cm³/mol. The van der Waals surface area contributed by atoms with E-state index in [1.807, 2.05) is 31.0 Å². The van der Waals surface area contributed by atoms with Gasteiger partial charge in [-0.15, -0.1) is 0 Å². The molecule has 0 aromatic carbocycles. The minimum Gasteiger partial charge on any atom is -0.375 e. The molecular weight excluding hydrogens is 316 g/mol. The topological polar surface area (TPSA) is 60.2 Å². The van der Waals surface area contributed by atoms with E-state index in [0.717, 1.165) is 36.2 Å². The van der Waals surface area contributed by atoms with Gasteiger partial charge in [0.25, 0.3) is 5.91 Å². The Kier molecular flexibility index (Phi) is 4.29. The number of carbonyl (C=O) groups excluding carboxylic acids is 1. The molecule has 2 aromatic heterocycles. The van der Waals surface area contributed by atoms with Gasteiger partial charge in [-0.1, -0.05) is 6.07 Å². The summed E-state index contributed by atoms with van der Waals surface area (Å²) in [6.07, 6.45) is 6.21. The zero-order valence-electron chi connectivity index (χ0n) is 14.8. The van der Waals surface area contributed by atoms with Crippen molar-refractivity contribution >= 4 is 5.91 Å². The molecule has 0 N–H and O–H groups in total. The molecule has 2 aliphatic rings. The lowest BCUT2D eigenvalue weighted by Gasteiger charge is -2.34. The van der Waals surface area contributed by atoms with E-state index in [1.54, 1.807) is 12.3 Å². The predicted octanol–water partition coefficient (Wildman–Crippen LogP) is 2.73. The second-order valence-electron chi connectivity index (χ2n) is 7.11. The maximum absolute atomic E-state index is 12.8. The standard InChI is InChI=1S/C19H24N4O2/c1-13-3-6-17(20-9-13)19(24)22-7-8-23-16(10-21-18(23)14(22)2)12-25-11-15-4-5-15/h3,6,9-10,14-15H,4-5,7-8,11-12H2,1-2H3/t14-/m1/s1. The summed E-state index contributed by atoms with van der Waals surface area (Å²) in [7, 11) is 0. The smallest absolute Gasteiger partial charge is 0.273 e. The van der Waals surface area contributed by atoms with Gasteiger partial charge in [-0.05, 0) is 44.2 Å². The molecule has 1 atom stereocenters. The second-order valence-corrected chi connectivity index (χ2v) is 7.11. The summed E-state index contributed by atoms with van der Waals surface area (Å²) < 4.78 is 8.01. The van der Waals surface area contributed by atoms with Crippen LogP contribution in [-0.2, 0) is 17.9 Å². The van der Waals surface area contributed by atoms with E-state index in [0.29, 0.717) is 18.8 Å². The molecule has 4 rings (SSSR count). The molecule has 132 valence electrons. The maximum atomic E-state index is 12.8. The van der Waals surface area contributed by atoms with Crippen molar-refractivity contribution in [2.24, 2.45) is 5.92 Å². The van der Waals surface area contributed by atoms with Crippen molar-refractivity contribution in [1.29, 1.82) is 0 Å². The van der Waals surface area contributed by atoms with Gasteiger partial charge in [0.05, 0.1) is 24.5 Å². The van der Waals surface area contributed by atoms with Gasteiger partial charge in [-0.2, -0.15) is 0 Å². The van der Waals surface area contributed by atoms with Gasteiger partial charge in [-0.3, -0.25) is 9.78 Å². The number of imidazole rings is 1. The lowest BCUT2D eigenvalue weighted by atomic mass is 10.1. The molecule has 0 bridgehead atoms. The quantitative estimate of drug-likeness (QED) is 0.840. The van der Waals surface area contributed by atoms with Crippen LogP contribution in [-0.4, -0.2) is 38.5 Å². The van der Waals surface area contributed by atoms with Gasteiger partial charge in [-0.25, -0.2) is 4.98 Å². The first-order valence-electron chi connectivity index (χ1n) is 8.99. The average molecular weight is 340 g/mol. The molecule has 3 heterocycles. The van der Waals surface area contributed by atoms with Crippen molar-refractivity contribution < 1.29 is 9.53 Å². The molecule has 1 aliphatic carbocycles. The highest BCUT2D eigenvalue weighted by Gasteiger charge is 2.31. The van der Waals surface area contributed by atoms with Crippen LogP contribution in [0.5, 0.6) is 0 Å². The number of rotatable bonds is 5. The summed E-state index contributed by atoms with van der Waals surface area (Å²) in [4.78, 5) is 23.5. The van der Waals surface area contributed by atoms with Gasteiger partial charge in [0.15, 0.2) is 0 Å². The number of carbonyl (C=O) groups is 1. The molecule has 25 heavy (non-hydrogen) atoms. The number of ether oxygens (including phenoxy) is 1. The molecule has 0 radical (unpaired) electrons. The van der Waals surface area contributed by atoms with Crippen LogP contribution in [0.1, 0.15) is 53.4 Å². The van der Waals surface area contributed by atoms with Gasteiger partial charge < -0.3 is 14.2 Å². The van der Waals surface area contributed by atoms with E-state index in [9.17, 15) is 4.79 Å². The van der Waals surface area contributed by atoms with Crippen LogP contribution >= 0.6 is 0 Å².